The van der Waals surface area contributed by atoms with E-state index in [0.29, 0.717) is 0 Å². The molecule has 0 aliphatic heterocycles. The van der Waals surface area contributed by atoms with Crippen molar-refractivity contribution >= 4 is 65.9 Å². The van der Waals surface area contributed by atoms with Crippen molar-refractivity contribution in [3.8, 4) is 0 Å². The highest BCUT2D eigenvalue weighted by molar-refractivity contribution is 6.74. The van der Waals surface area contributed by atoms with Gasteiger partial charge < -0.3 is 0 Å². The van der Waals surface area contributed by atoms with Gasteiger partial charge in [-0.15, -0.1) is 24.8 Å². The Bertz CT molecular complexity index is 55.9. The van der Waals surface area contributed by atoms with Crippen LogP contribution in [0.1, 0.15) is 0 Å². The molecule has 6 heteroatoms. The Labute approximate surface area is 74.5 Å². The van der Waals surface area contributed by atoms with Crippen LogP contribution in [0.2, 0.25) is 0 Å². The quantitative estimate of drug-likeness (QED) is 0.452. The van der Waals surface area contributed by atoms with Crippen molar-refractivity contribution in [1.29, 1.82) is 0 Å². The Morgan fingerprint density at radius 3 is 1.25 bits per heavy atom. The van der Waals surface area contributed by atoms with Gasteiger partial charge in [0.2, 0.25) is 3.79 Å². The van der Waals surface area contributed by atoms with Gasteiger partial charge >= 0.3 is 0 Å². The summed E-state index contributed by atoms with van der Waals surface area (Å²) in [6.45, 7) is 0. The molecule has 0 heterocycles. The smallest absolute Gasteiger partial charge is 0.245 e. The van der Waals surface area contributed by atoms with Crippen LogP contribution in [-0.4, -0.2) is 10.1 Å². The van der Waals surface area contributed by atoms with Gasteiger partial charge in [0.15, 0.2) is 6.29 Å². The van der Waals surface area contributed by atoms with Crippen molar-refractivity contribution in [3.63, 3.8) is 0 Å². The molecule has 8 heavy (non-hydrogen) atoms. The maximum atomic E-state index is 9.43. The second-order valence-corrected chi connectivity index (χ2v) is 3.03. The molecule has 0 N–H and O–H groups in total. The zero-order chi connectivity index (χ0) is 5.21. The molecule has 0 saturated carbocycles. The first-order valence-electron chi connectivity index (χ1n) is 1.09. The molecular weight excluding hydrogens is 217 g/mol. The zero-order valence-corrected chi connectivity index (χ0v) is 7.34. The summed E-state index contributed by atoms with van der Waals surface area (Å²) in [6.07, 6.45) is 0.234. The highest BCUT2D eigenvalue weighted by Crippen LogP contribution is 2.21. The first kappa shape index (κ1) is 16.1. The molecule has 0 spiro atoms. The van der Waals surface area contributed by atoms with E-state index in [9.17, 15) is 4.79 Å². The molecule has 0 rings (SSSR count). The van der Waals surface area contributed by atoms with Gasteiger partial charge in [0.25, 0.3) is 0 Å². The zero-order valence-electron chi connectivity index (χ0n) is 3.44. The topological polar surface area (TPSA) is 17.1 Å². The molecule has 0 aromatic carbocycles. The monoisotopic (exact) mass is 218 g/mol. The Hall–Kier alpha value is 1.12. The van der Waals surface area contributed by atoms with Gasteiger partial charge in [-0.2, -0.15) is 0 Å². The number of carbonyl (C=O) groups excluding carboxylic acids is 1. The van der Waals surface area contributed by atoms with Crippen LogP contribution in [0.3, 0.4) is 0 Å². The summed E-state index contributed by atoms with van der Waals surface area (Å²) in [5.41, 5.74) is 0. The molecule has 0 fully saturated rings. The molecule has 1 nitrogen and oxygen atoms in total. The Balaban J connectivity index is -0.000000125. The number of hydrogen-bond acceptors (Lipinski definition) is 1. The largest absolute Gasteiger partial charge is 0.299 e. The molecule has 0 aliphatic carbocycles. The Morgan fingerprint density at radius 2 is 1.25 bits per heavy atom. The van der Waals surface area contributed by atoms with Crippen molar-refractivity contribution in [2.24, 2.45) is 0 Å². The van der Waals surface area contributed by atoms with Gasteiger partial charge in [0.1, 0.15) is 0 Å². The lowest BCUT2D eigenvalue weighted by Crippen LogP contribution is -2.00. The minimum atomic E-state index is -1.72. The van der Waals surface area contributed by atoms with Crippen molar-refractivity contribution in [1.82, 2.24) is 0 Å². The molecule has 0 bridgehead atoms. The summed E-state index contributed by atoms with van der Waals surface area (Å²) in [7, 11) is 0. The summed E-state index contributed by atoms with van der Waals surface area (Å²) in [6, 6.07) is 0. The number of alkyl halides is 3. The number of carbonyl (C=O) groups is 1. The van der Waals surface area contributed by atoms with Crippen molar-refractivity contribution in [3.05, 3.63) is 0 Å². The third-order valence-electron chi connectivity index (χ3n) is 0.134. The van der Waals surface area contributed by atoms with Crippen molar-refractivity contribution < 1.29 is 4.79 Å². The summed E-state index contributed by atoms with van der Waals surface area (Å²) in [5.74, 6) is 0. The van der Waals surface area contributed by atoms with E-state index < -0.39 is 3.79 Å². The fraction of sp³-hybridized carbons (Fsp3) is 0.500. The predicted molar refractivity (Wildman–Crippen MR) is 40.9 cm³/mol. The van der Waals surface area contributed by atoms with E-state index >= 15 is 0 Å². The summed E-state index contributed by atoms with van der Waals surface area (Å²) < 4.78 is -1.72. The minimum absolute atomic E-state index is 0. The molecule has 52 valence electrons. The van der Waals surface area contributed by atoms with E-state index in [-0.39, 0.29) is 31.1 Å². The van der Waals surface area contributed by atoms with Crippen LogP contribution in [-0.2, 0) is 4.79 Å². The Kier molecular flexibility index (Phi) is 12.5. The second-order valence-electron chi connectivity index (χ2n) is 0.659. The molecule has 0 atom stereocenters. The van der Waals surface area contributed by atoms with E-state index in [2.05, 4.69) is 0 Å². The average molecular weight is 220 g/mol. The molecule has 0 aliphatic rings. The normalized spacial score (nSPS) is 8.38. The molecule has 0 unspecified atom stereocenters. The van der Waals surface area contributed by atoms with E-state index in [0.717, 1.165) is 0 Å². The maximum Gasteiger partial charge on any atom is 0.245 e. The van der Waals surface area contributed by atoms with Crippen LogP contribution in [0.4, 0.5) is 0 Å². The van der Waals surface area contributed by atoms with Gasteiger partial charge in [-0.25, -0.2) is 0 Å². The highest BCUT2D eigenvalue weighted by Gasteiger charge is 2.16. The molecule has 0 aromatic heterocycles. The van der Waals surface area contributed by atoms with Gasteiger partial charge in [-0.05, 0) is 0 Å². The van der Waals surface area contributed by atoms with Crippen LogP contribution < -0.4 is 0 Å². The van der Waals surface area contributed by atoms with Crippen LogP contribution in [0.5, 0.6) is 0 Å². The van der Waals surface area contributed by atoms with Crippen LogP contribution in [0.15, 0.2) is 0 Å². The third kappa shape index (κ3) is 15.7. The van der Waals surface area contributed by atoms with Gasteiger partial charge in [-0.1, -0.05) is 34.8 Å². The summed E-state index contributed by atoms with van der Waals surface area (Å²) in [5, 5.41) is 0. The molecular formula is C2H3Cl5O. The molecule has 0 amide bonds. The minimum Gasteiger partial charge on any atom is -0.299 e. The van der Waals surface area contributed by atoms with E-state index in [1.54, 1.807) is 0 Å². The van der Waals surface area contributed by atoms with E-state index in [1.165, 1.54) is 0 Å². The van der Waals surface area contributed by atoms with Crippen molar-refractivity contribution in [2.45, 2.75) is 3.79 Å². The van der Waals surface area contributed by atoms with Crippen LogP contribution in [0, 0.1) is 0 Å². The first-order valence-corrected chi connectivity index (χ1v) is 2.23. The summed E-state index contributed by atoms with van der Waals surface area (Å²) in [4.78, 5) is 9.43. The van der Waals surface area contributed by atoms with E-state index in [4.69, 9.17) is 34.8 Å². The summed E-state index contributed by atoms with van der Waals surface area (Å²) >= 11 is 14.6. The standard InChI is InChI=1S/C2HCl3O.2ClH/c3-2(4,5)1-6;;/h1H;2*1H. The SMILES string of the molecule is Cl.Cl.O=CC(Cl)(Cl)Cl. The van der Waals surface area contributed by atoms with Gasteiger partial charge in [-0.3, -0.25) is 4.79 Å². The predicted octanol–water partition coefficient (Wildman–Crippen LogP) is 2.40. The number of aldehydes is 1. The number of halogens is 5. The lowest BCUT2D eigenvalue weighted by Gasteiger charge is -1.93. The first-order chi connectivity index (χ1) is 2.56. The number of rotatable bonds is 0. The fourth-order valence-corrected chi connectivity index (χ4v) is 0. The maximum absolute atomic E-state index is 9.43. The highest BCUT2D eigenvalue weighted by atomic mass is 35.6. The van der Waals surface area contributed by atoms with E-state index in [1.807, 2.05) is 0 Å². The molecule has 0 radical (unpaired) electrons. The fourth-order valence-electron chi connectivity index (χ4n) is 0. The lowest BCUT2D eigenvalue weighted by molar-refractivity contribution is -0.107. The lowest BCUT2D eigenvalue weighted by atomic mass is 10.9. The second kappa shape index (κ2) is 6.24. The van der Waals surface area contributed by atoms with Gasteiger partial charge in [0.05, 0.1) is 0 Å². The van der Waals surface area contributed by atoms with Crippen LogP contribution >= 0.6 is 59.6 Å². The van der Waals surface area contributed by atoms with Crippen molar-refractivity contribution in [2.75, 3.05) is 0 Å². The third-order valence-corrected chi connectivity index (χ3v) is 0.401. The molecule has 0 aromatic rings. The average Bonchev–Trinajstić information content (AvgIpc) is 1.35. The van der Waals surface area contributed by atoms with Gasteiger partial charge in [0, 0.05) is 0 Å². The Morgan fingerprint density at radius 1 is 1.12 bits per heavy atom. The van der Waals surface area contributed by atoms with Crippen LogP contribution in [0.25, 0.3) is 0 Å². The number of hydrogen-bond donors (Lipinski definition) is 0. The molecule has 0 saturated heterocycles.